The van der Waals surface area contributed by atoms with Gasteiger partial charge >= 0.3 is 0 Å². The Morgan fingerprint density at radius 1 is 1.14 bits per heavy atom. The van der Waals surface area contributed by atoms with E-state index in [-0.39, 0.29) is 5.57 Å². The second-order valence-corrected chi connectivity index (χ2v) is 7.16. The largest absolute Gasteiger partial charge is 0.454 e. The van der Waals surface area contributed by atoms with E-state index in [9.17, 15) is 10.1 Å². The number of furan rings is 1. The summed E-state index contributed by atoms with van der Waals surface area (Å²) in [6.45, 7) is 1.89. The summed E-state index contributed by atoms with van der Waals surface area (Å²) >= 11 is 1.53. The van der Waals surface area contributed by atoms with Gasteiger partial charge in [0, 0.05) is 11.8 Å². The number of nitriles is 1. The molecule has 0 fully saturated rings. The molecule has 1 amide bonds. The average molecular weight is 385 g/mol. The fourth-order valence-electron chi connectivity index (χ4n) is 2.72. The van der Waals surface area contributed by atoms with Crippen LogP contribution in [0.4, 0.5) is 5.69 Å². The number of fused-ring (bicyclic) bond motifs is 1. The Hall–Kier alpha value is -3.69. The average Bonchev–Trinajstić information content (AvgIpc) is 3.34. The Morgan fingerprint density at radius 3 is 2.71 bits per heavy atom. The molecule has 2 heterocycles. The van der Waals surface area contributed by atoms with Crippen molar-refractivity contribution < 1.29 is 9.21 Å². The van der Waals surface area contributed by atoms with E-state index in [0.717, 1.165) is 20.8 Å². The van der Waals surface area contributed by atoms with Crippen molar-refractivity contribution in [1.82, 2.24) is 4.98 Å². The van der Waals surface area contributed by atoms with Gasteiger partial charge in [-0.25, -0.2) is 4.98 Å². The summed E-state index contributed by atoms with van der Waals surface area (Å²) in [4.78, 5) is 17.0. The van der Waals surface area contributed by atoms with E-state index < -0.39 is 5.91 Å². The van der Waals surface area contributed by atoms with E-state index in [1.54, 1.807) is 18.2 Å². The summed E-state index contributed by atoms with van der Waals surface area (Å²) in [7, 11) is 0. The van der Waals surface area contributed by atoms with Gasteiger partial charge in [0.05, 0.1) is 10.2 Å². The quantitative estimate of drug-likeness (QED) is 0.376. The number of amides is 1. The molecule has 0 aliphatic carbocycles. The lowest BCUT2D eigenvalue weighted by Gasteiger charge is -2.06. The Bertz CT molecular complexity index is 1210. The van der Waals surface area contributed by atoms with Crippen molar-refractivity contribution in [1.29, 1.82) is 5.26 Å². The molecule has 0 aliphatic heterocycles. The molecule has 0 aliphatic rings. The van der Waals surface area contributed by atoms with Crippen LogP contribution in [0.3, 0.4) is 0 Å². The SMILES string of the molecule is Cc1ccccc1NC(=O)C(C#N)=Cc1ccc(-c2nc3ccccc3s2)o1. The second-order valence-electron chi connectivity index (χ2n) is 6.13. The minimum atomic E-state index is -0.477. The van der Waals surface area contributed by atoms with Gasteiger partial charge in [-0.15, -0.1) is 11.3 Å². The first-order valence-electron chi connectivity index (χ1n) is 8.58. The number of nitrogens with zero attached hydrogens (tertiary/aromatic N) is 2. The maximum Gasteiger partial charge on any atom is 0.266 e. The number of carbonyl (C=O) groups is 1. The summed E-state index contributed by atoms with van der Waals surface area (Å²) in [5, 5.41) is 12.9. The van der Waals surface area contributed by atoms with E-state index >= 15 is 0 Å². The van der Waals surface area contributed by atoms with E-state index in [0.29, 0.717) is 17.2 Å². The number of aryl methyl sites for hydroxylation is 1. The van der Waals surface area contributed by atoms with Crippen LogP contribution < -0.4 is 5.32 Å². The molecule has 0 spiro atoms. The van der Waals surface area contributed by atoms with Crippen molar-refractivity contribution in [2.45, 2.75) is 6.92 Å². The molecule has 0 radical (unpaired) electrons. The lowest BCUT2D eigenvalue weighted by atomic mass is 10.2. The molecule has 1 N–H and O–H groups in total. The molecule has 0 saturated heterocycles. The molecule has 0 bridgehead atoms. The topological polar surface area (TPSA) is 78.9 Å². The third kappa shape index (κ3) is 3.56. The van der Waals surface area contributed by atoms with Gasteiger partial charge < -0.3 is 9.73 Å². The number of nitrogens with one attached hydrogen (secondary N) is 1. The van der Waals surface area contributed by atoms with Crippen molar-refractivity contribution in [3.05, 3.63) is 77.6 Å². The smallest absolute Gasteiger partial charge is 0.266 e. The number of hydrogen-bond acceptors (Lipinski definition) is 5. The molecular formula is C22H15N3O2S. The summed E-state index contributed by atoms with van der Waals surface area (Å²) in [5.74, 6) is 0.546. The monoisotopic (exact) mass is 385 g/mol. The molecular weight excluding hydrogens is 370 g/mol. The van der Waals surface area contributed by atoms with Gasteiger partial charge in [0.15, 0.2) is 10.8 Å². The fraction of sp³-hybridized carbons (Fsp3) is 0.0455. The highest BCUT2D eigenvalue weighted by molar-refractivity contribution is 7.21. The van der Waals surface area contributed by atoms with E-state index in [1.807, 2.05) is 55.5 Å². The number of carbonyl (C=O) groups excluding carboxylic acids is 1. The summed E-state index contributed by atoms with van der Waals surface area (Å²) in [5.41, 5.74) is 2.47. The van der Waals surface area contributed by atoms with Crippen LogP contribution in [-0.2, 0) is 4.79 Å². The highest BCUT2D eigenvalue weighted by Crippen LogP contribution is 2.31. The number of hydrogen-bond donors (Lipinski definition) is 1. The third-order valence-corrected chi connectivity index (χ3v) is 5.23. The van der Waals surface area contributed by atoms with Gasteiger partial charge in [-0.1, -0.05) is 30.3 Å². The molecule has 0 saturated carbocycles. The summed E-state index contributed by atoms with van der Waals surface area (Å²) < 4.78 is 6.87. The van der Waals surface area contributed by atoms with Crippen LogP contribution in [0, 0.1) is 18.3 Å². The number of aromatic nitrogens is 1. The first-order chi connectivity index (χ1) is 13.6. The van der Waals surface area contributed by atoms with Crippen molar-refractivity contribution in [2.24, 2.45) is 0 Å². The summed E-state index contributed by atoms with van der Waals surface area (Å²) in [6.07, 6.45) is 1.43. The minimum absolute atomic E-state index is 0.0338. The highest BCUT2D eigenvalue weighted by atomic mass is 32.1. The minimum Gasteiger partial charge on any atom is -0.454 e. The molecule has 5 nitrogen and oxygen atoms in total. The predicted molar refractivity (Wildman–Crippen MR) is 111 cm³/mol. The normalized spacial score (nSPS) is 11.4. The zero-order valence-corrected chi connectivity index (χ0v) is 15.8. The van der Waals surface area contributed by atoms with E-state index in [2.05, 4.69) is 10.3 Å². The Labute approximate surface area is 165 Å². The number of rotatable bonds is 4. The molecule has 2 aromatic heterocycles. The molecule has 0 atom stereocenters. The highest BCUT2D eigenvalue weighted by Gasteiger charge is 2.14. The van der Waals surface area contributed by atoms with Gasteiger partial charge in [0.25, 0.3) is 5.91 Å². The first-order valence-corrected chi connectivity index (χ1v) is 9.40. The van der Waals surface area contributed by atoms with Crippen molar-refractivity contribution in [3.63, 3.8) is 0 Å². The first kappa shape index (κ1) is 17.7. The van der Waals surface area contributed by atoms with Gasteiger partial charge in [-0.2, -0.15) is 5.26 Å². The van der Waals surface area contributed by atoms with Crippen LogP contribution >= 0.6 is 11.3 Å². The Morgan fingerprint density at radius 2 is 1.93 bits per heavy atom. The number of thiazole rings is 1. The molecule has 4 rings (SSSR count). The van der Waals surface area contributed by atoms with Crippen LogP contribution in [-0.4, -0.2) is 10.9 Å². The number of para-hydroxylation sites is 2. The zero-order valence-electron chi connectivity index (χ0n) is 15.0. The van der Waals surface area contributed by atoms with Gasteiger partial charge in [0.1, 0.15) is 17.4 Å². The van der Waals surface area contributed by atoms with Crippen LogP contribution in [0.25, 0.3) is 27.1 Å². The molecule has 28 heavy (non-hydrogen) atoms. The molecule has 2 aromatic carbocycles. The van der Waals surface area contributed by atoms with Crippen molar-refractivity contribution in [2.75, 3.05) is 5.32 Å². The molecule has 0 unspecified atom stereocenters. The predicted octanol–water partition coefficient (Wildman–Crippen LogP) is 5.41. The zero-order chi connectivity index (χ0) is 19.5. The Kier molecular flexibility index (Phi) is 4.75. The maximum atomic E-state index is 12.4. The molecule has 4 aromatic rings. The standard InChI is InChI=1S/C22H15N3O2S/c1-14-6-2-3-7-17(14)24-21(26)15(13-23)12-16-10-11-19(27-16)22-25-18-8-4-5-9-20(18)28-22/h2-12H,1H3,(H,24,26). The number of benzene rings is 2. The van der Waals surface area contributed by atoms with Crippen LogP contribution in [0.5, 0.6) is 0 Å². The van der Waals surface area contributed by atoms with Crippen LogP contribution in [0.15, 0.2) is 70.7 Å². The maximum absolute atomic E-state index is 12.4. The molecule has 136 valence electrons. The summed E-state index contributed by atoms with van der Waals surface area (Å²) in [6, 6.07) is 20.7. The fourth-order valence-corrected chi connectivity index (χ4v) is 3.64. The van der Waals surface area contributed by atoms with Gasteiger partial charge in [0.2, 0.25) is 0 Å². The second kappa shape index (κ2) is 7.51. The lowest BCUT2D eigenvalue weighted by molar-refractivity contribution is -0.112. The number of anilines is 1. The third-order valence-electron chi connectivity index (χ3n) is 4.18. The molecule has 6 heteroatoms. The van der Waals surface area contributed by atoms with Gasteiger partial charge in [-0.3, -0.25) is 4.79 Å². The van der Waals surface area contributed by atoms with E-state index in [1.165, 1.54) is 17.4 Å². The Balaban J connectivity index is 1.58. The van der Waals surface area contributed by atoms with Crippen molar-refractivity contribution >= 4 is 39.2 Å². The van der Waals surface area contributed by atoms with Crippen LogP contribution in [0.1, 0.15) is 11.3 Å². The van der Waals surface area contributed by atoms with Crippen LogP contribution in [0.2, 0.25) is 0 Å². The lowest BCUT2D eigenvalue weighted by Crippen LogP contribution is -2.14. The van der Waals surface area contributed by atoms with Crippen molar-refractivity contribution in [3.8, 4) is 16.8 Å². The van der Waals surface area contributed by atoms with Gasteiger partial charge in [-0.05, 0) is 42.8 Å². The van der Waals surface area contributed by atoms with E-state index in [4.69, 9.17) is 4.42 Å².